The molecule has 3 N–H and O–H groups in total. The van der Waals surface area contributed by atoms with Crippen LogP contribution in [0.5, 0.6) is 0 Å². The Bertz CT molecular complexity index is 320. The van der Waals surface area contributed by atoms with Gasteiger partial charge in [0.15, 0.2) is 0 Å². The lowest BCUT2D eigenvalue weighted by Gasteiger charge is -2.46. The highest BCUT2D eigenvalue weighted by Crippen LogP contribution is 2.30. The van der Waals surface area contributed by atoms with Crippen LogP contribution in [0.3, 0.4) is 0 Å². The van der Waals surface area contributed by atoms with Crippen LogP contribution in [0.2, 0.25) is 0 Å². The summed E-state index contributed by atoms with van der Waals surface area (Å²) >= 11 is 0. The van der Waals surface area contributed by atoms with Crippen LogP contribution in [0, 0.1) is 5.92 Å². The van der Waals surface area contributed by atoms with Gasteiger partial charge in [0.25, 0.3) is 0 Å². The van der Waals surface area contributed by atoms with Gasteiger partial charge in [-0.05, 0) is 38.0 Å². The summed E-state index contributed by atoms with van der Waals surface area (Å²) in [5, 5.41) is 3.16. The van der Waals surface area contributed by atoms with Gasteiger partial charge in [0.1, 0.15) is 0 Å². The molecule has 4 heteroatoms. The zero-order chi connectivity index (χ0) is 12.5. The summed E-state index contributed by atoms with van der Waals surface area (Å²) in [7, 11) is 0. The average molecular weight is 251 g/mol. The molecule has 2 saturated heterocycles. The van der Waals surface area contributed by atoms with Gasteiger partial charge in [0, 0.05) is 37.6 Å². The molecular weight excluding hydrogens is 226 g/mol. The summed E-state index contributed by atoms with van der Waals surface area (Å²) in [5.74, 6) is 0.930. The number of piperidine rings is 2. The zero-order valence-electron chi connectivity index (χ0n) is 11.1. The van der Waals surface area contributed by atoms with Gasteiger partial charge in [-0.15, -0.1) is 0 Å². The van der Waals surface area contributed by atoms with Crippen molar-refractivity contribution in [2.45, 2.75) is 63.1 Å². The summed E-state index contributed by atoms with van der Waals surface area (Å²) < 4.78 is 0. The van der Waals surface area contributed by atoms with E-state index in [1.54, 1.807) is 0 Å². The molecule has 0 aromatic heterocycles. The molecule has 4 atom stereocenters. The van der Waals surface area contributed by atoms with Crippen molar-refractivity contribution < 1.29 is 4.79 Å². The topological polar surface area (TPSA) is 58.4 Å². The molecule has 0 radical (unpaired) electrons. The number of nitrogens with one attached hydrogen (secondary N) is 1. The summed E-state index contributed by atoms with van der Waals surface area (Å²) in [5.41, 5.74) is 6.10. The van der Waals surface area contributed by atoms with Gasteiger partial charge in [0.2, 0.25) is 5.91 Å². The van der Waals surface area contributed by atoms with E-state index < -0.39 is 0 Å². The molecule has 102 valence electrons. The van der Waals surface area contributed by atoms with Gasteiger partial charge in [-0.25, -0.2) is 0 Å². The van der Waals surface area contributed by atoms with E-state index in [0.29, 0.717) is 24.0 Å². The molecule has 1 amide bonds. The minimum atomic E-state index is 0.254. The monoisotopic (exact) mass is 251 g/mol. The smallest absolute Gasteiger partial charge is 0.220 e. The highest BCUT2D eigenvalue weighted by Gasteiger charge is 2.36. The quantitative estimate of drug-likeness (QED) is 0.726. The Hall–Kier alpha value is -0.610. The molecule has 2 aliphatic heterocycles. The Morgan fingerprint density at radius 3 is 2.94 bits per heavy atom. The molecule has 18 heavy (non-hydrogen) atoms. The van der Waals surface area contributed by atoms with Gasteiger partial charge >= 0.3 is 0 Å². The maximum absolute atomic E-state index is 11.4. The lowest BCUT2D eigenvalue weighted by atomic mass is 9.82. The molecule has 0 aromatic carbocycles. The minimum Gasteiger partial charge on any atom is -0.353 e. The third kappa shape index (κ3) is 2.54. The third-order valence-electron chi connectivity index (χ3n) is 5.06. The molecule has 1 aliphatic carbocycles. The van der Waals surface area contributed by atoms with Crippen LogP contribution < -0.4 is 11.1 Å². The number of amides is 1. The Balaban J connectivity index is 1.58. The van der Waals surface area contributed by atoms with E-state index in [4.69, 9.17) is 5.73 Å². The summed E-state index contributed by atoms with van der Waals surface area (Å²) in [4.78, 5) is 14.1. The first-order chi connectivity index (χ1) is 8.72. The van der Waals surface area contributed by atoms with Gasteiger partial charge in [-0.2, -0.15) is 0 Å². The molecule has 4 nitrogen and oxygen atoms in total. The van der Waals surface area contributed by atoms with Crippen molar-refractivity contribution in [1.29, 1.82) is 0 Å². The first-order valence-electron chi connectivity index (χ1n) is 7.51. The number of likely N-dealkylation sites (tertiary alicyclic amines) is 1. The number of nitrogens with two attached hydrogens (primary N) is 1. The standard InChI is InChI=1S/C14H25N3O/c15-11-2-1-3-12(8-11)17-7-6-13-10(9-17)4-5-14(18)16-13/h10-13H,1-9,15H2,(H,16,18). The molecule has 3 fully saturated rings. The second-order valence-electron chi connectivity index (χ2n) is 6.34. The van der Waals surface area contributed by atoms with Gasteiger partial charge in [-0.3, -0.25) is 9.69 Å². The predicted molar refractivity (Wildman–Crippen MR) is 71.1 cm³/mol. The number of hydrogen-bond acceptors (Lipinski definition) is 3. The first kappa shape index (κ1) is 12.4. The van der Waals surface area contributed by atoms with E-state index in [-0.39, 0.29) is 5.91 Å². The SMILES string of the molecule is NC1CCCC(N2CCC3NC(=O)CCC3C2)C1. The summed E-state index contributed by atoms with van der Waals surface area (Å²) in [6, 6.07) is 1.56. The van der Waals surface area contributed by atoms with E-state index in [9.17, 15) is 4.79 Å². The fraction of sp³-hybridized carbons (Fsp3) is 0.929. The molecule has 0 bridgehead atoms. The average Bonchev–Trinajstić information content (AvgIpc) is 2.38. The normalized spacial score (nSPS) is 42.2. The van der Waals surface area contributed by atoms with E-state index in [0.717, 1.165) is 25.8 Å². The maximum Gasteiger partial charge on any atom is 0.220 e. The van der Waals surface area contributed by atoms with Crippen LogP contribution in [-0.4, -0.2) is 42.0 Å². The highest BCUT2D eigenvalue weighted by atomic mass is 16.1. The van der Waals surface area contributed by atoms with E-state index >= 15 is 0 Å². The molecule has 3 rings (SSSR count). The van der Waals surface area contributed by atoms with Crippen molar-refractivity contribution in [3.63, 3.8) is 0 Å². The number of fused-ring (bicyclic) bond motifs is 1. The Morgan fingerprint density at radius 1 is 1.22 bits per heavy atom. The lowest BCUT2D eigenvalue weighted by molar-refractivity contribution is -0.125. The van der Waals surface area contributed by atoms with Gasteiger partial charge in [0.05, 0.1) is 0 Å². The summed E-state index contributed by atoms with van der Waals surface area (Å²) in [6.07, 6.45) is 7.90. The van der Waals surface area contributed by atoms with E-state index in [1.165, 1.54) is 32.2 Å². The van der Waals surface area contributed by atoms with Crippen molar-refractivity contribution in [2.24, 2.45) is 11.7 Å². The Labute approximate surface area is 109 Å². The molecule has 4 unspecified atom stereocenters. The van der Waals surface area contributed by atoms with Crippen molar-refractivity contribution in [3.05, 3.63) is 0 Å². The first-order valence-corrected chi connectivity index (χ1v) is 7.51. The summed E-state index contributed by atoms with van der Waals surface area (Å²) in [6.45, 7) is 2.31. The Morgan fingerprint density at radius 2 is 2.11 bits per heavy atom. The van der Waals surface area contributed by atoms with E-state index in [2.05, 4.69) is 10.2 Å². The predicted octanol–water partition coefficient (Wildman–Crippen LogP) is 0.857. The second-order valence-corrected chi connectivity index (χ2v) is 6.34. The third-order valence-corrected chi connectivity index (χ3v) is 5.06. The van der Waals surface area contributed by atoms with Crippen LogP contribution in [0.1, 0.15) is 44.9 Å². The second kappa shape index (κ2) is 5.17. The largest absolute Gasteiger partial charge is 0.353 e. The van der Waals surface area contributed by atoms with Crippen molar-refractivity contribution in [3.8, 4) is 0 Å². The van der Waals surface area contributed by atoms with Crippen LogP contribution in [-0.2, 0) is 4.79 Å². The zero-order valence-corrected chi connectivity index (χ0v) is 11.1. The number of rotatable bonds is 1. The highest BCUT2D eigenvalue weighted by molar-refractivity contribution is 5.77. The van der Waals surface area contributed by atoms with Crippen molar-refractivity contribution in [2.75, 3.05) is 13.1 Å². The van der Waals surface area contributed by atoms with Crippen molar-refractivity contribution >= 4 is 5.91 Å². The van der Waals surface area contributed by atoms with Crippen molar-refractivity contribution in [1.82, 2.24) is 10.2 Å². The fourth-order valence-corrected chi connectivity index (χ4v) is 4.00. The van der Waals surface area contributed by atoms with Crippen LogP contribution >= 0.6 is 0 Å². The number of carbonyl (C=O) groups is 1. The molecule has 3 aliphatic rings. The minimum absolute atomic E-state index is 0.254. The Kier molecular flexibility index (Phi) is 3.57. The van der Waals surface area contributed by atoms with Gasteiger partial charge in [-0.1, -0.05) is 6.42 Å². The molecular formula is C14H25N3O. The van der Waals surface area contributed by atoms with Crippen LogP contribution in [0.4, 0.5) is 0 Å². The molecule has 0 spiro atoms. The molecule has 2 heterocycles. The molecule has 0 aromatic rings. The maximum atomic E-state index is 11.4. The number of nitrogens with zero attached hydrogens (tertiary/aromatic N) is 1. The van der Waals surface area contributed by atoms with Gasteiger partial charge < -0.3 is 11.1 Å². The van der Waals surface area contributed by atoms with Crippen LogP contribution in [0.25, 0.3) is 0 Å². The fourth-order valence-electron chi connectivity index (χ4n) is 4.00. The van der Waals surface area contributed by atoms with Crippen LogP contribution in [0.15, 0.2) is 0 Å². The number of hydrogen-bond donors (Lipinski definition) is 2. The molecule has 1 saturated carbocycles. The number of carbonyl (C=O) groups excluding carboxylic acids is 1. The lowest BCUT2D eigenvalue weighted by Crippen LogP contribution is -2.56. The van der Waals surface area contributed by atoms with E-state index in [1.807, 2.05) is 0 Å².